The van der Waals surface area contributed by atoms with Crippen LogP contribution in [0.2, 0.25) is 5.02 Å². The van der Waals surface area contributed by atoms with Crippen LogP contribution in [0.25, 0.3) is 16.7 Å². The van der Waals surface area contributed by atoms with Gasteiger partial charge in [-0.1, -0.05) is 11.6 Å². The van der Waals surface area contributed by atoms with Gasteiger partial charge < -0.3 is 0 Å². The molecule has 1 heterocycles. The first-order valence-corrected chi connectivity index (χ1v) is 7.37. The van der Waals surface area contributed by atoms with Gasteiger partial charge in [0.15, 0.2) is 0 Å². The van der Waals surface area contributed by atoms with Crippen LogP contribution in [0, 0.1) is 12.7 Å². The van der Waals surface area contributed by atoms with Crippen molar-refractivity contribution in [3.05, 3.63) is 58.6 Å². The highest BCUT2D eigenvalue weighted by atomic mass is 35.5. The third-order valence-corrected chi connectivity index (χ3v) is 3.85. The second-order valence-electron chi connectivity index (χ2n) is 4.99. The Morgan fingerprint density at radius 3 is 2.48 bits per heavy atom. The summed E-state index contributed by atoms with van der Waals surface area (Å²) < 4.78 is 15.7. The molecule has 0 aliphatic carbocycles. The molecule has 108 valence electrons. The molecule has 0 saturated heterocycles. The topological polar surface area (TPSA) is 17.8 Å². The van der Waals surface area contributed by atoms with Gasteiger partial charge in [-0.25, -0.2) is 9.37 Å². The zero-order valence-corrected chi connectivity index (χ0v) is 13.1. The minimum atomic E-state index is -0.295. The molecule has 0 radical (unpaired) electrons. The molecule has 1 atom stereocenters. The van der Waals surface area contributed by atoms with Crippen LogP contribution >= 0.6 is 23.2 Å². The second-order valence-corrected chi connectivity index (χ2v) is 6.08. The lowest BCUT2D eigenvalue weighted by Gasteiger charge is -2.11. The molecule has 0 aliphatic heterocycles. The van der Waals surface area contributed by atoms with Crippen LogP contribution in [0.3, 0.4) is 0 Å². The predicted octanol–water partition coefficient (Wildman–Crippen LogP) is 5.43. The van der Waals surface area contributed by atoms with E-state index in [0.717, 1.165) is 11.2 Å². The number of benzene rings is 2. The van der Waals surface area contributed by atoms with Crippen LogP contribution in [0.15, 0.2) is 36.4 Å². The number of fused-ring (bicyclic) bond motifs is 1. The SMILES string of the molecule is Cc1cc2c(cc1F)nc(C(C)Cl)n2-c1ccc(Cl)cc1. The van der Waals surface area contributed by atoms with Crippen LogP contribution in [0.4, 0.5) is 4.39 Å². The van der Waals surface area contributed by atoms with E-state index in [4.69, 9.17) is 23.2 Å². The normalized spacial score (nSPS) is 12.8. The van der Waals surface area contributed by atoms with Gasteiger partial charge >= 0.3 is 0 Å². The summed E-state index contributed by atoms with van der Waals surface area (Å²) in [5.41, 5.74) is 2.90. The van der Waals surface area contributed by atoms with E-state index in [1.165, 1.54) is 6.07 Å². The van der Waals surface area contributed by atoms with E-state index in [2.05, 4.69) is 4.98 Å². The fraction of sp³-hybridized carbons (Fsp3) is 0.188. The fourth-order valence-corrected chi connectivity index (χ4v) is 2.62. The molecule has 0 spiro atoms. The minimum Gasteiger partial charge on any atom is -0.295 e. The van der Waals surface area contributed by atoms with E-state index in [1.54, 1.807) is 13.0 Å². The monoisotopic (exact) mass is 322 g/mol. The van der Waals surface area contributed by atoms with Crippen molar-refractivity contribution in [2.24, 2.45) is 0 Å². The number of alkyl halides is 1. The largest absolute Gasteiger partial charge is 0.295 e. The van der Waals surface area contributed by atoms with E-state index in [0.29, 0.717) is 21.9 Å². The molecule has 1 aromatic heterocycles. The number of hydrogen-bond donors (Lipinski definition) is 0. The lowest BCUT2D eigenvalue weighted by atomic mass is 10.2. The standard InChI is InChI=1S/C16H13Cl2FN2/c1-9-7-15-14(8-13(9)19)20-16(10(2)17)21(15)12-5-3-11(18)4-6-12/h3-8,10H,1-2H3. The Balaban J connectivity index is 2.35. The molecule has 21 heavy (non-hydrogen) atoms. The third kappa shape index (κ3) is 2.52. The third-order valence-electron chi connectivity index (χ3n) is 3.40. The van der Waals surface area contributed by atoms with Crippen molar-refractivity contribution < 1.29 is 4.39 Å². The minimum absolute atomic E-state index is 0.267. The summed E-state index contributed by atoms with van der Waals surface area (Å²) in [6.45, 7) is 3.58. The van der Waals surface area contributed by atoms with Crippen molar-refractivity contribution in [2.75, 3.05) is 0 Å². The summed E-state index contributed by atoms with van der Waals surface area (Å²) in [5, 5.41) is 0.363. The highest BCUT2D eigenvalue weighted by molar-refractivity contribution is 6.30. The van der Waals surface area contributed by atoms with Crippen LogP contribution < -0.4 is 0 Å². The fourth-order valence-electron chi connectivity index (χ4n) is 2.35. The average molecular weight is 323 g/mol. The highest BCUT2D eigenvalue weighted by Gasteiger charge is 2.17. The van der Waals surface area contributed by atoms with E-state index in [9.17, 15) is 4.39 Å². The van der Waals surface area contributed by atoms with Crippen LogP contribution in [-0.4, -0.2) is 9.55 Å². The van der Waals surface area contributed by atoms with Crippen molar-refractivity contribution in [3.8, 4) is 5.69 Å². The molecule has 2 nitrogen and oxygen atoms in total. The number of hydrogen-bond acceptors (Lipinski definition) is 1. The van der Waals surface area contributed by atoms with Gasteiger partial charge in [0.05, 0.1) is 16.4 Å². The quantitative estimate of drug-likeness (QED) is 0.575. The predicted molar refractivity (Wildman–Crippen MR) is 85.0 cm³/mol. The van der Waals surface area contributed by atoms with Crippen molar-refractivity contribution in [1.82, 2.24) is 9.55 Å². The van der Waals surface area contributed by atoms with Gasteiger partial charge in [-0.05, 0) is 49.7 Å². The second kappa shape index (κ2) is 5.32. The number of aromatic nitrogens is 2. The van der Waals surface area contributed by atoms with Crippen molar-refractivity contribution in [3.63, 3.8) is 0 Å². The first-order chi connectivity index (χ1) is 9.97. The molecule has 0 N–H and O–H groups in total. The van der Waals surface area contributed by atoms with Crippen LogP contribution in [-0.2, 0) is 0 Å². The summed E-state index contributed by atoms with van der Waals surface area (Å²) in [4.78, 5) is 4.47. The van der Waals surface area contributed by atoms with E-state index >= 15 is 0 Å². The van der Waals surface area contributed by atoms with Crippen molar-refractivity contribution in [2.45, 2.75) is 19.2 Å². The maximum Gasteiger partial charge on any atom is 0.132 e. The Morgan fingerprint density at radius 1 is 1.19 bits per heavy atom. The molecule has 0 saturated carbocycles. The lowest BCUT2D eigenvalue weighted by molar-refractivity contribution is 0.620. The van der Waals surface area contributed by atoms with E-state index < -0.39 is 0 Å². The Labute approximate surface area is 132 Å². The number of halogens is 3. The molecule has 0 bridgehead atoms. The highest BCUT2D eigenvalue weighted by Crippen LogP contribution is 2.30. The van der Waals surface area contributed by atoms with Gasteiger partial charge in [0.2, 0.25) is 0 Å². The maximum atomic E-state index is 13.7. The van der Waals surface area contributed by atoms with Crippen molar-refractivity contribution >= 4 is 34.2 Å². The molecule has 1 unspecified atom stereocenters. The average Bonchev–Trinajstić information content (AvgIpc) is 2.79. The molecular formula is C16H13Cl2FN2. The summed E-state index contributed by atoms with van der Waals surface area (Å²) in [6.07, 6.45) is 0. The van der Waals surface area contributed by atoms with E-state index in [-0.39, 0.29) is 11.2 Å². The summed E-state index contributed by atoms with van der Waals surface area (Å²) in [6, 6.07) is 10.6. The molecule has 0 fully saturated rings. The van der Waals surface area contributed by atoms with Crippen molar-refractivity contribution in [1.29, 1.82) is 0 Å². The molecule has 0 amide bonds. The molecule has 0 aliphatic rings. The molecule has 3 aromatic rings. The Hall–Kier alpha value is -1.58. The zero-order valence-electron chi connectivity index (χ0n) is 11.6. The molecule has 5 heteroatoms. The number of nitrogens with zero attached hydrogens (tertiary/aromatic N) is 2. The Bertz CT molecular complexity index is 807. The summed E-state index contributed by atoms with van der Waals surface area (Å²) in [5.74, 6) is 0.413. The molecule has 3 rings (SSSR count). The lowest BCUT2D eigenvalue weighted by Crippen LogP contribution is -2.01. The number of rotatable bonds is 2. The van der Waals surface area contributed by atoms with Gasteiger partial charge in [0.1, 0.15) is 11.6 Å². The Morgan fingerprint density at radius 2 is 1.86 bits per heavy atom. The smallest absolute Gasteiger partial charge is 0.132 e. The van der Waals surface area contributed by atoms with Gasteiger partial charge in [-0.2, -0.15) is 0 Å². The number of aryl methyl sites for hydroxylation is 1. The maximum absolute atomic E-state index is 13.7. The van der Waals surface area contributed by atoms with Crippen LogP contribution in [0.5, 0.6) is 0 Å². The van der Waals surface area contributed by atoms with Gasteiger partial charge in [0.25, 0.3) is 0 Å². The summed E-state index contributed by atoms with van der Waals surface area (Å²) in [7, 11) is 0. The van der Waals surface area contributed by atoms with Crippen LogP contribution in [0.1, 0.15) is 23.7 Å². The first kappa shape index (κ1) is 14.4. The van der Waals surface area contributed by atoms with E-state index in [1.807, 2.05) is 35.8 Å². The molecular weight excluding hydrogens is 310 g/mol. The molecule has 2 aromatic carbocycles. The zero-order chi connectivity index (χ0) is 15.1. The van der Waals surface area contributed by atoms with Gasteiger partial charge in [-0.3, -0.25) is 4.57 Å². The Kier molecular flexibility index (Phi) is 3.64. The number of imidazole rings is 1. The van der Waals surface area contributed by atoms with Gasteiger partial charge in [0, 0.05) is 16.8 Å². The summed E-state index contributed by atoms with van der Waals surface area (Å²) >= 11 is 12.2. The van der Waals surface area contributed by atoms with Gasteiger partial charge in [-0.15, -0.1) is 11.6 Å². The first-order valence-electron chi connectivity index (χ1n) is 6.56.